The second-order valence-electron chi connectivity index (χ2n) is 3.69. The van der Waals surface area contributed by atoms with Crippen molar-refractivity contribution < 1.29 is 0 Å². The standard InChI is InChI=1S/C11H13ClN4/c1-16-5-3-11(15-16)10(13)6-8-2-4-14-7-9(8)12/h2-5,7,10H,6,13H2,1H3. The second-order valence-corrected chi connectivity index (χ2v) is 4.10. The molecule has 2 aromatic heterocycles. The Morgan fingerprint density at radius 3 is 2.94 bits per heavy atom. The number of rotatable bonds is 3. The van der Waals surface area contributed by atoms with Crippen LogP contribution in [0.1, 0.15) is 17.3 Å². The van der Waals surface area contributed by atoms with Crippen LogP contribution in [0.3, 0.4) is 0 Å². The Morgan fingerprint density at radius 1 is 1.50 bits per heavy atom. The molecule has 16 heavy (non-hydrogen) atoms. The fraction of sp³-hybridized carbons (Fsp3) is 0.273. The van der Waals surface area contributed by atoms with Gasteiger partial charge in [0.05, 0.1) is 16.8 Å². The van der Waals surface area contributed by atoms with E-state index in [1.54, 1.807) is 17.1 Å². The largest absolute Gasteiger partial charge is 0.322 e. The molecule has 5 heteroatoms. The molecular weight excluding hydrogens is 224 g/mol. The first-order chi connectivity index (χ1) is 7.66. The molecule has 84 valence electrons. The average molecular weight is 237 g/mol. The number of aromatic nitrogens is 3. The van der Waals surface area contributed by atoms with Crippen LogP contribution >= 0.6 is 11.6 Å². The van der Waals surface area contributed by atoms with Crippen LogP contribution in [0.5, 0.6) is 0 Å². The lowest BCUT2D eigenvalue weighted by atomic mass is 10.1. The third-order valence-electron chi connectivity index (χ3n) is 2.41. The Morgan fingerprint density at radius 2 is 2.31 bits per heavy atom. The van der Waals surface area contributed by atoms with Gasteiger partial charge in [0.2, 0.25) is 0 Å². The van der Waals surface area contributed by atoms with Crippen LogP contribution in [0.15, 0.2) is 30.7 Å². The molecule has 1 unspecified atom stereocenters. The first-order valence-electron chi connectivity index (χ1n) is 5.00. The van der Waals surface area contributed by atoms with Crippen molar-refractivity contribution in [3.05, 3.63) is 47.0 Å². The molecule has 0 spiro atoms. The zero-order chi connectivity index (χ0) is 11.5. The van der Waals surface area contributed by atoms with Gasteiger partial charge in [0.25, 0.3) is 0 Å². The number of pyridine rings is 1. The summed E-state index contributed by atoms with van der Waals surface area (Å²) in [5.74, 6) is 0. The summed E-state index contributed by atoms with van der Waals surface area (Å²) in [6, 6.07) is 3.66. The van der Waals surface area contributed by atoms with Gasteiger partial charge in [0, 0.05) is 25.6 Å². The number of hydrogen-bond acceptors (Lipinski definition) is 3. The first kappa shape index (κ1) is 11.1. The highest BCUT2D eigenvalue weighted by Gasteiger charge is 2.11. The maximum absolute atomic E-state index is 6.05. The third-order valence-corrected chi connectivity index (χ3v) is 2.75. The number of hydrogen-bond donors (Lipinski definition) is 1. The lowest BCUT2D eigenvalue weighted by Gasteiger charge is -2.09. The van der Waals surface area contributed by atoms with Gasteiger partial charge in [-0.15, -0.1) is 0 Å². The molecule has 0 radical (unpaired) electrons. The molecule has 0 saturated heterocycles. The van der Waals surface area contributed by atoms with Gasteiger partial charge in [-0.25, -0.2) is 0 Å². The monoisotopic (exact) mass is 236 g/mol. The Labute approximate surface area is 99.1 Å². The Bertz CT molecular complexity index is 480. The molecule has 0 aliphatic rings. The van der Waals surface area contributed by atoms with E-state index in [0.717, 1.165) is 11.3 Å². The molecule has 0 aromatic carbocycles. The Hall–Kier alpha value is -1.39. The van der Waals surface area contributed by atoms with E-state index in [4.69, 9.17) is 17.3 Å². The van der Waals surface area contributed by atoms with Gasteiger partial charge in [0.15, 0.2) is 0 Å². The van der Waals surface area contributed by atoms with Gasteiger partial charge in [-0.1, -0.05) is 11.6 Å². The van der Waals surface area contributed by atoms with E-state index in [1.807, 2.05) is 25.4 Å². The van der Waals surface area contributed by atoms with Crippen molar-refractivity contribution >= 4 is 11.6 Å². The van der Waals surface area contributed by atoms with Crippen LogP contribution < -0.4 is 5.73 Å². The van der Waals surface area contributed by atoms with Gasteiger partial charge in [-0.3, -0.25) is 9.67 Å². The van der Waals surface area contributed by atoms with Crippen LogP contribution in [-0.2, 0) is 13.5 Å². The summed E-state index contributed by atoms with van der Waals surface area (Å²) < 4.78 is 1.74. The molecule has 0 aliphatic carbocycles. The van der Waals surface area contributed by atoms with Crippen molar-refractivity contribution in [1.82, 2.24) is 14.8 Å². The molecule has 1 atom stereocenters. The molecular formula is C11H13ClN4. The van der Waals surface area contributed by atoms with E-state index in [1.165, 1.54) is 0 Å². The maximum atomic E-state index is 6.05. The molecule has 4 nitrogen and oxygen atoms in total. The zero-order valence-electron chi connectivity index (χ0n) is 8.97. The van der Waals surface area contributed by atoms with Crippen LogP contribution in [0.4, 0.5) is 0 Å². The van der Waals surface area contributed by atoms with E-state index >= 15 is 0 Å². The highest BCUT2D eigenvalue weighted by Crippen LogP contribution is 2.19. The van der Waals surface area contributed by atoms with Crippen LogP contribution in [-0.4, -0.2) is 14.8 Å². The smallest absolute Gasteiger partial charge is 0.0795 e. The summed E-state index contributed by atoms with van der Waals surface area (Å²) in [4.78, 5) is 3.94. The SMILES string of the molecule is Cn1ccc(C(N)Cc2ccncc2Cl)n1. The highest BCUT2D eigenvalue weighted by molar-refractivity contribution is 6.31. The molecule has 0 bridgehead atoms. The van der Waals surface area contributed by atoms with Crippen molar-refractivity contribution in [2.24, 2.45) is 12.8 Å². The first-order valence-corrected chi connectivity index (χ1v) is 5.38. The number of nitrogens with two attached hydrogens (primary N) is 1. The summed E-state index contributed by atoms with van der Waals surface area (Å²) in [7, 11) is 1.87. The van der Waals surface area contributed by atoms with E-state index in [-0.39, 0.29) is 6.04 Å². The van der Waals surface area contributed by atoms with E-state index in [0.29, 0.717) is 11.4 Å². The minimum Gasteiger partial charge on any atom is -0.322 e. The Balaban J connectivity index is 2.13. The number of halogens is 1. The highest BCUT2D eigenvalue weighted by atomic mass is 35.5. The lowest BCUT2D eigenvalue weighted by molar-refractivity contribution is 0.657. The molecule has 2 aromatic rings. The lowest BCUT2D eigenvalue weighted by Crippen LogP contribution is -2.14. The fourth-order valence-electron chi connectivity index (χ4n) is 1.54. The van der Waals surface area contributed by atoms with Gasteiger partial charge in [0.1, 0.15) is 0 Å². The molecule has 0 fully saturated rings. The van der Waals surface area contributed by atoms with Gasteiger partial charge in [-0.05, 0) is 24.1 Å². The topological polar surface area (TPSA) is 56.7 Å². The number of aryl methyl sites for hydroxylation is 1. The summed E-state index contributed by atoms with van der Waals surface area (Å²) >= 11 is 6.02. The second kappa shape index (κ2) is 4.63. The molecule has 2 heterocycles. The normalized spacial score (nSPS) is 12.7. The van der Waals surface area contributed by atoms with Crippen molar-refractivity contribution in [1.29, 1.82) is 0 Å². The summed E-state index contributed by atoms with van der Waals surface area (Å²) in [6.07, 6.45) is 5.89. The zero-order valence-corrected chi connectivity index (χ0v) is 9.72. The molecule has 0 aliphatic heterocycles. The van der Waals surface area contributed by atoms with E-state index in [9.17, 15) is 0 Å². The number of nitrogens with zero attached hydrogens (tertiary/aromatic N) is 3. The van der Waals surface area contributed by atoms with Crippen molar-refractivity contribution in [2.75, 3.05) is 0 Å². The predicted octanol–water partition coefficient (Wildman–Crippen LogP) is 1.71. The van der Waals surface area contributed by atoms with Crippen LogP contribution in [0, 0.1) is 0 Å². The maximum Gasteiger partial charge on any atom is 0.0795 e. The third kappa shape index (κ3) is 2.40. The molecule has 0 saturated carbocycles. The van der Waals surface area contributed by atoms with Crippen LogP contribution in [0.2, 0.25) is 5.02 Å². The average Bonchev–Trinajstić information content (AvgIpc) is 2.68. The predicted molar refractivity (Wildman–Crippen MR) is 63.1 cm³/mol. The molecule has 2 rings (SSSR count). The van der Waals surface area contributed by atoms with Gasteiger partial charge >= 0.3 is 0 Å². The molecule has 0 amide bonds. The Kier molecular flexibility index (Phi) is 3.22. The van der Waals surface area contributed by atoms with Gasteiger partial charge in [-0.2, -0.15) is 5.10 Å². The molecule has 2 N–H and O–H groups in total. The fourth-order valence-corrected chi connectivity index (χ4v) is 1.74. The quantitative estimate of drug-likeness (QED) is 0.883. The van der Waals surface area contributed by atoms with Crippen molar-refractivity contribution in [3.8, 4) is 0 Å². The van der Waals surface area contributed by atoms with Crippen molar-refractivity contribution in [3.63, 3.8) is 0 Å². The summed E-state index contributed by atoms with van der Waals surface area (Å²) in [5, 5.41) is 4.92. The summed E-state index contributed by atoms with van der Waals surface area (Å²) in [5.41, 5.74) is 7.92. The van der Waals surface area contributed by atoms with Crippen LogP contribution in [0.25, 0.3) is 0 Å². The minimum atomic E-state index is -0.138. The van der Waals surface area contributed by atoms with E-state index in [2.05, 4.69) is 10.1 Å². The minimum absolute atomic E-state index is 0.138. The van der Waals surface area contributed by atoms with Gasteiger partial charge < -0.3 is 5.73 Å². The van der Waals surface area contributed by atoms with E-state index < -0.39 is 0 Å². The van der Waals surface area contributed by atoms with Crippen molar-refractivity contribution in [2.45, 2.75) is 12.5 Å². The summed E-state index contributed by atoms with van der Waals surface area (Å²) in [6.45, 7) is 0.